The molecule has 0 bridgehead atoms. The highest BCUT2D eigenvalue weighted by atomic mass is 35.5. The summed E-state index contributed by atoms with van der Waals surface area (Å²) in [6.45, 7) is 9.59. The van der Waals surface area contributed by atoms with E-state index in [0.717, 1.165) is 28.4 Å². The maximum Gasteiger partial charge on any atom is 0.405 e. The number of morpholine rings is 1. The van der Waals surface area contributed by atoms with Crippen molar-refractivity contribution in [2.24, 2.45) is 4.99 Å². The van der Waals surface area contributed by atoms with Crippen LogP contribution in [0.5, 0.6) is 0 Å². The Morgan fingerprint density at radius 1 is 1.21 bits per heavy atom. The van der Waals surface area contributed by atoms with Gasteiger partial charge in [0.2, 0.25) is 6.41 Å². The van der Waals surface area contributed by atoms with Crippen LogP contribution in [0.2, 0.25) is 5.02 Å². The van der Waals surface area contributed by atoms with Gasteiger partial charge in [0.15, 0.2) is 0 Å². The van der Waals surface area contributed by atoms with Crippen molar-refractivity contribution in [3.63, 3.8) is 0 Å². The summed E-state index contributed by atoms with van der Waals surface area (Å²) in [5.41, 5.74) is 1.71. The van der Waals surface area contributed by atoms with E-state index in [1.165, 1.54) is 4.90 Å². The zero-order valence-electron chi connectivity index (χ0n) is 21.8. The lowest BCUT2D eigenvalue weighted by atomic mass is 10.1. The predicted octanol–water partition coefficient (Wildman–Crippen LogP) is 5.09. The van der Waals surface area contributed by atoms with Crippen LogP contribution in [0.3, 0.4) is 0 Å². The van der Waals surface area contributed by atoms with Crippen LogP contribution in [0.4, 0.5) is 18.9 Å². The number of aromatic amines is 1. The predicted molar refractivity (Wildman–Crippen MR) is 144 cm³/mol. The third kappa shape index (κ3) is 6.95. The number of alkyl halides is 3. The average Bonchev–Trinajstić information content (AvgIpc) is 3.29. The average molecular weight is 553 g/mol. The van der Waals surface area contributed by atoms with Gasteiger partial charge in [0, 0.05) is 41.6 Å². The van der Waals surface area contributed by atoms with E-state index in [9.17, 15) is 18.0 Å². The van der Waals surface area contributed by atoms with E-state index < -0.39 is 18.3 Å². The molecule has 0 saturated carbocycles. The molecule has 2 aliphatic rings. The number of halogens is 4. The van der Waals surface area contributed by atoms with E-state index in [-0.39, 0.29) is 5.60 Å². The van der Waals surface area contributed by atoms with Crippen LogP contribution >= 0.6 is 11.6 Å². The van der Waals surface area contributed by atoms with Gasteiger partial charge in [-0.25, -0.2) is 0 Å². The molecule has 0 radical (unpaired) electrons. The number of benzene rings is 1. The molecule has 2 aliphatic heterocycles. The standard InChI is InChI=1S/C14H24F3N3O.C12H8ClN3O/c1-12(2)8-20(10-14(15,16)17)11(18-12)7-19-5-6-21-13(3,4)9-19;13-7-3-9-8-1-2-14-5-11(8)16-12(9)10(4-7)15-6-17/h5-10H2,1-4H3;1-6,16H,(H,15,17). The number of carbonyl (C=O) groups excluding carboxylic acids is 1. The lowest BCUT2D eigenvalue weighted by Gasteiger charge is -2.38. The maximum atomic E-state index is 12.7. The van der Waals surface area contributed by atoms with Gasteiger partial charge < -0.3 is 19.9 Å². The summed E-state index contributed by atoms with van der Waals surface area (Å²) in [7, 11) is 0. The molecule has 0 unspecified atom stereocenters. The summed E-state index contributed by atoms with van der Waals surface area (Å²) in [5, 5.41) is 5.22. The highest BCUT2D eigenvalue weighted by Gasteiger charge is 2.39. The van der Waals surface area contributed by atoms with Crippen molar-refractivity contribution in [1.82, 2.24) is 19.8 Å². The number of rotatable bonds is 5. The number of aliphatic imine (C=N–C) groups is 1. The minimum atomic E-state index is -4.20. The van der Waals surface area contributed by atoms with Crippen molar-refractivity contribution in [3.05, 3.63) is 35.6 Å². The largest absolute Gasteiger partial charge is 0.405 e. The fourth-order valence-corrected chi connectivity index (χ4v) is 5.17. The number of anilines is 1. The van der Waals surface area contributed by atoms with Gasteiger partial charge in [-0.3, -0.25) is 19.7 Å². The number of H-pyrrole nitrogens is 1. The molecular weight excluding hydrogens is 521 g/mol. The number of nitrogens with one attached hydrogen (secondary N) is 2. The fraction of sp³-hybridized carbons (Fsp3) is 0.500. The van der Waals surface area contributed by atoms with E-state index >= 15 is 0 Å². The number of hydrogen-bond donors (Lipinski definition) is 2. The Kier molecular flexibility index (Phi) is 7.92. The number of ether oxygens (including phenoxy) is 1. The molecule has 206 valence electrons. The second-order valence-electron chi connectivity index (χ2n) is 10.8. The molecule has 0 atom stereocenters. The number of amidine groups is 1. The molecule has 1 saturated heterocycles. The SMILES string of the molecule is CC1(C)CN(CC(F)(F)F)C(CN2CCOC(C)(C)C2)=N1.O=CNc1cc(Cl)cc2c1[nH]c1cnccc12. The van der Waals surface area contributed by atoms with E-state index in [0.29, 0.717) is 49.2 Å². The molecular formula is C26H32ClF3N6O2. The van der Waals surface area contributed by atoms with Gasteiger partial charge in [-0.1, -0.05) is 11.6 Å². The van der Waals surface area contributed by atoms with Crippen LogP contribution in [0.15, 0.2) is 35.6 Å². The number of fused-ring (bicyclic) bond motifs is 3. The molecule has 5 rings (SSSR count). The molecule has 4 heterocycles. The summed E-state index contributed by atoms with van der Waals surface area (Å²) in [6, 6.07) is 5.49. The van der Waals surface area contributed by atoms with Gasteiger partial charge in [-0.05, 0) is 45.9 Å². The first-order valence-electron chi connectivity index (χ1n) is 12.3. The first-order chi connectivity index (χ1) is 17.8. The van der Waals surface area contributed by atoms with Crippen LogP contribution in [0.25, 0.3) is 21.8 Å². The number of nitrogens with zero attached hydrogens (tertiary/aromatic N) is 4. The molecule has 0 aliphatic carbocycles. The molecule has 0 spiro atoms. The van der Waals surface area contributed by atoms with Gasteiger partial charge in [0.25, 0.3) is 0 Å². The monoisotopic (exact) mass is 552 g/mol. The van der Waals surface area contributed by atoms with Gasteiger partial charge in [0.05, 0.1) is 47.2 Å². The van der Waals surface area contributed by atoms with Crippen molar-refractivity contribution < 1.29 is 22.7 Å². The summed E-state index contributed by atoms with van der Waals surface area (Å²) < 4.78 is 43.7. The summed E-state index contributed by atoms with van der Waals surface area (Å²) in [4.78, 5) is 25.8. The smallest absolute Gasteiger partial charge is 0.373 e. The fourth-order valence-electron chi connectivity index (χ4n) is 4.96. The number of hydrogen-bond acceptors (Lipinski definition) is 6. The number of pyridine rings is 1. The van der Waals surface area contributed by atoms with Gasteiger partial charge in [-0.2, -0.15) is 13.2 Å². The summed E-state index contributed by atoms with van der Waals surface area (Å²) >= 11 is 6.03. The molecule has 2 aromatic heterocycles. The van der Waals surface area contributed by atoms with Gasteiger partial charge in [0.1, 0.15) is 12.4 Å². The Hall–Kier alpha value is -2.89. The van der Waals surface area contributed by atoms with E-state index in [2.05, 4.69) is 25.2 Å². The van der Waals surface area contributed by atoms with E-state index in [1.807, 2.05) is 39.8 Å². The molecule has 8 nitrogen and oxygen atoms in total. The molecule has 2 N–H and O–H groups in total. The van der Waals surface area contributed by atoms with Gasteiger partial charge >= 0.3 is 6.18 Å². The van der Waals surface area contributed by atoms with Crippen molar-refractivity contribution in [2.45, 2.75) is 45.0 Å². The summed E-state index contributed by atoms with van der Waals surface area (Å²) in [6.07, 6.45) is -0.0996. The number of amides is 1. The normalized spacial score (nSPS) is 19.3. The van der Waals surface area contributed by atoms with E-state index in [1.54, 1.807) is 18.5 Å². The van der Waals surface area contributed by atoms with Crippen LogP contribution in [0.1, 0.15) is 27.7 Å². The Balaban J connectivity index is 0.000000180. The Labute approximate surface area is 224 Å². The minimum Gasteiger partial charge on any atom is -0.373 e. The molecule has 1 amide bonds. The quantitative estimate of drug-likeness (QED) is 0.431. The highest BCUT2D eigenvalue weighted by molar-refractivity contribution is 6.32. The zero-order chi connectivity index (χ0) is 27.7. The van der Waals surface area contributed by atoms with Crippen LogP contribution in [0, 0.1) is 0 Å². The first kappa shape index (κ1) is 28.1. The third-order valence-corrected chi connectivity index (χ3v) is 6.52. The minimum absolute atomic E-state index is 0.262. The Morgan fingerprint density at radius 2 is 1.97 bits per heavy atom. The number of carbonyl (C=O) groups is 1. The number of aromatic nitrogens is 2. The topological polar surface area (TPSA) is 85.9 Å². The van der Waals surface area contributed by atoms with Crippen molar-refractivity contribution >= 4 is 51.3 Å². The first-order valence-corrected chi connectivity index (χ1v) is 12.6. The van der Waals surface area contributed by atoms with Crippen molar-refractivity contribution in [3.8, 4) is 0 Å². The third-order valence-electron chi connectivity index (χ3n) is 6.30. The molecule has 1 fully saturated rings. The Morgan fingerprint density at radius 3 is 2.66 bits per heavy atom. The molecule has 12 heteroatoms. The highest BCUT2D eigenvalue weighted by Crippen LogP contribution is 2.33. The molecule has 38 heavy (non-hydrogen) atoms. The maximum absolute atomic E-state index is 12.7. The summed E-state index contributed by atoms with van der Waals surface area (Å²) in [5.74, 6) is 0.537. The lowest BCUT2D eigenvalue weighted by molar-refractivity contribution is -0.138. The van der Waals surface area contributed by atoms with E-state index in [4.69, 9.17) is 16.3 Å². The zero-order valence-corrected chi connectivity index (χ0v) is 22.6. The second kappa shape index (κ2) is 10.7. The van der Waals surface area contributed by atoms with Crippen LogP contribution in [-0.2, 0) is 9.53 Å². The van der Waals surface area contributed by atoms with Crippen LogP contribution in [-0.4, -0.2) is 88.7 Å². The van der Waals surface area contributed by atoms with Crippen LogP contribution < -0.4 is 5.32 Å². The molecule has 3 aromatic rings. The van der Waals surface area contributed by atoms with Crippen molar-refractivity contribution in [1.29, 1.82) is 0 Å². The van der Waals surface area contributed by atoms with Crippen molar-refractivity contribution in [2.75, 3.05) is 44.6 Å². The second-order valence-corrected chi connectivity index (χ2v) is 11.3. The Bertz CT molecular complexity index is 1340. The lowest BCUT2D eigenvalue weighted by Crippen LogP contribution is -2.51. The molecule has 1 aromatic carbocycles. The van der Waals surface area contributed by atoms with Gasteiger partial charge in [-0.15, -0.1) is 0 Å².